The number of benzene rings is 2. The molecule has 4 aromatic rings. The number of thiazole rings is 1. The van der Waals surface area contributed by atoms with E-state index in [1.54, 1.807) is 55.7 Å². The predicted molar refractivity (Wildman–Crippen MR) is 241 cm³/mol. The van der Waals surface area contributed by atoms with Crippen LogP contribution in [0.15, 0.2) is 66.6 Å². The molecule has 2 aromatic heterocycles. The van der Waals surface area contributed by atoms with E-state index in [-0.39, 0.29) is 37.7 Å². The van der Waals surface area contributed by atoms with Gasteiger partial charge in [0.05, 0.1) is 31.0 Å². The van der Waals surface area contributed by atoms with Crippen LogP contribution >= 0.6 is 18.7 Å². The van der Waals surface area contributed by atoms with E-state index in [1.807, 2.05) is 46.1 Å². The summed E-state index contributed by atoms with van der Waals surface area (Å²) in [6.07, 6.45) is 3.28. The van der Waals surface area contributed by atoms with Crippen molar-refractivity contribution in [3.63, 3.8) is 0 Å². The number of aromatic nitrogens is 2. The van der Waals surface area contributed by atoms with E-state index < -0.39 is 60.1 Å². The quantitative estimate of drug-likeness (QED) is 0.0443. The molecule has 332 valence electrons. The largest absolute Gasteiger partial charge is 0.497 e. The molecule has 1 unspecified atom stereocenters. The summed E-state index contributed by atoms with van der Waals surface area (Å²) in [5, 5.41) is 10.9. The van der Waals surface area contributed by atoms with Crippen LogP contribution in [0, 0.1) is 11.3 Å². The van der Waals surface area contributed by atoms with Crippen LogP contribution in [-0.4, -0.2) is 86.9 Å². The van der Waals surface area contributed by atoms with Crippen LogP contribution in [0.3, 0.4) is 0 Å². The van der Waals surface area contributed by atoms with E-state index in [0.717, 1.165) is 30.8 Å². The molecular formula is C45H58N7O8PS. The molecule has 0 spiro atoms. The van der Waals surface area contributed by atoms with Gasteiger partial charge in [-0.3, -0.25) is 14.2 Å². The van der Waals surface area contributed by atoms with E-state index in [2.05, 4.69) is 22.5 Å². The number of likely N-dealkylation sites (tertiary alicyclic amines) is 1. The van der Waals surface area contributed by atoms with Crippen LogP contribution in [0.4, 0.5) is 15.6 Å². The number of nitrogen functional groups attached to an aromatic ring is 1. The van der Waals surface area contributed by atoms with Crippen molar-refractivity contribution >= 4 is 58.3 Å². The fourth-order valence-electron chi connectivity index (χ4n) is 8.45. The molecular weight excluding hydrogens is 830 g/mol. The molecule has 2 aliphatic carbocycles. The highest BCUT2D eigenvalue weighted by Gasteiger charge is 2.66. The third-order valence-corrected chi connectivity index (χ3v) is 15.3. The fraction of sp³-hybridized carbons (Fsp3) is 0.489. The highest BCUT2D eigenvalue weighted by molar-refractivity contribution is 7.59. The molecule has 6 atom stereocenters. The molecule has 2 aromatic carbocycles. The smallest absolute Gasteiger partial charge is 0.408 e. The third-order valence-electron chi connectivity index (χ3n) is 11.9. The molecule has 2 saturated carbocycles. The second kappa shape index (κ2) is 17.9. The summed E-state index contributed by atoms with van der Waals surface area (Å²) >= 11 is 1.46. The van der Waals surface area contributed by atoms with Crippen LogP contribution < -0.4 is 31.2 Å². The van der Waals surface area contributed by atoms with Crippen molar-refractivity contribution in [1.82, 2.24) is 25.5 Å². The van der Waals surface area contributed by atoms with E-state index in [1.165, 1.54) is 16.2 Å². The number of para-hydroxylation sites is 1. The number of ether oxygens (including phenoxy) is 3. The highest BCUT2D eigenvalue weighted by Crippen LogP contribution is 2.71. The second-order valence-corrected chi connectivity index (χ2v) is 21.4. The lowest BCUT2D eigenvalue weighted by molar-refractivity contribution is -0.142. The number of hydrogen-bond donors (Lipinski definition) is 5. The first-order chi connectivity index (χ1) is 29.4. The molecule has 3 amide bonds. The Morgan fingerprint density at radius 1 is 1.10 bits per heavy atom. The van der Waals surface area contributed by atoms with Gasteiger partial charge in [0.2, 0.25) is 19.2 Å². The van der Waals surface area contributed by atoms with Crippen molar-refractivity contribution in [1.29, 1.82) is 0 Å². The highest BCUT2D eigenvalue weighted by atomic mass is 32.1. The van der Waals surface area contributed by atoms with Gasteiger partial charge < -0.3 is 45.7 Å². The Hall–Kier alpha value is -5.18. The summed E-state index contributed by atoms with van der Waals surface area (Å²) in [6.45, 7) is 13.4. The first-order valence-corrected chi connectivity index (χ1v) is 23.9. The van der Waals surface area contributed by atoms with Gasteiger partial charge in [0.15, 0.2) is 5.13 Å². The predicted octanol–water partition coefficient (Wildman–Crippen LogP) is 7.69. The number of nitrogens with one attached hydrogen (secondary N) is 3. The molecule has 17 heteroatoms. The number of methoxy groups -OCH3 is 1. The lowest BCUT2D eigenvalue weighted by Crippen LogP contribution is -2.58. The standard InChI is InChI=1S/C45H58N7O8PS/c1-8-28-22-45(28,61(56,57)24-27-13-9-12-16-33(27)46)51-40(53)37-20-31(23-52(37)41(54)39(44(4,5)6)50-43(55)60-29-14-10-11-15-29)59-38-21-35(36-25-62-42(49-36)47-26(2)3)48-34-19-30(58-7)17-18-32(34)38/h8-9,12-13,16-19,21,25-26,28-29,31,37,39H,1,10-11,14-15,20,22-24,46H2,2-7H3,(H,47,49)(H,50,55)(H,51,53)(H,56,57)/t28-,31-,37+,39-,45+/m1/s1. The average Bonchev–Trinajstić information content (AvgIpc) is 3.61. The van der Waals surface area contributed by atoms with Gasteiger partial charge in [0.25, 0.3) is 0 Å². The van der Waals surface area contributed by atoms with Gasteiger partial charge in [-0.15, -0.1) is 17.9 Å². The molecule has 6 N–H and O–H groups in total. The van der Waals surface area contributed by atoms with Gasteiger partial charge in [-0.1, -0.05) is 45.0 Å². The minimum atomic E-state index is -4.19. The number of anilines is 2. The average molecular weight is 888 g/mol. The van der Waals surface area contributed by atoms with Gasteiger partial charge in [0, 0.05) is 47.0 Å². The molecule has 3 fully saturated rings. The molecule has 1 saturated heterocycles. The number of pyridine rings is 1. The lowest BCUT2D eigenvalue weighted by atomic mass is 9.85. The second-order valence-electron chi connectivity index (χ2n) is 18.0. The Morgan fingerprint density at radius 2 is 1.84 bits per heavy atom. The molecule has 15 nitrogen and oxygen atoms in total. The summed E-state index contributed by atoms with van der Waals surface area (Å²) in [7, 11) is -2.61. The van der Waals surface area contributed by atoms with E-state index in [0.29, 0.717) is 45.0 Å². The Kier molecular flexibility index (Phi) is 12.9. The van der Waals surface area contributed by atoms with Crippen molar-refractivity contribution in [2.75, 3.05) is 24.7 Å². The van der Waals surface area contributed by atoms with E-state index >= 15 is 0 Å². The minimum absolute atomic E-state index is 0.0334. The number of alkyl carbamates (subject to hydrolysis) is 1. The van der Waals surface area contributed by atoms with Crippen LogP contribution in [-0.2, 0) is 25.1 Å². The molecule has 1 aliphatic heterocycles. The van der Waals surface area contributed by atoms with Gasteiger partial charge in [-0.25, -0.2) is 14.8 Å². The van der Waals surface area contributed by atoms with Crippen LogP contribution in [0.1, 0.15) is 78.7 Å². The summed E-state index contributed by atoms with van der Waals surface area (Å²) in [4.78, 5) is 65.8. The van der Waals surface area contributed by atoms with Gasteiger partial charge in [0.1, 0.15) is 46.8 Å². The number of hydrogen-bond acceptors (Lipinski definition) is 12. The number of carbonyl (C=O) groups excluding carboxylic acids is 3. The number of rotatable bonds is 15. The zero-order valence-electron chi connectivity index (χ0n) is 36.2. The van der Waals surface area contributed by atoms with Crippen molar-refractivity contribution in [3.05, 3.63) is 72.1 Å². The minimum Gasteiger partial charge on any atom is -0.497 e. The Labute approximate surface area is 366 Å². The number of fused-ring (bicyclic) bond motifs is 1. The molecule has 0 radical (unpaired) electrons. The molecule has 3 aliphatic rings. The topological polar surface area (TPSA) is 207 Å². The van der Waals surface area contributed by atoms with Crippen molar-refractivity contribution < 1.29 is 38.1 Å². The Bertz CT molecular complexity index is 2380. The Morgan fingerprint density at radius 3 is 2.50 bits per heavy atom. The number of nitrogens with zero attached hydrogens (tertiary/aromatic N) is 3. The Balaban J connectivity index is 1.22. The molecule has 3 heterocycles. The van der Waals surface area contributed by atoms with Crippen molar-refractivity contribution in [3.8, 4) is 22.9 Å². The van der Waals surface area contributed by atoms with E-state index in [4.69, 9.17) is 29.9 Å². The summed E-state index contributed by atoms with van der Waals surface area (Å²) in [5.41, 5.74) is 8.01. The van der Waals surface area contributed by atoms with Crippen LogP contribution in [0.2, 0.25) is 0 Å². The molecule has 62 heavy (non-hydrogen) atoms. The zero-order chi connectivity index (χ0) is 44.6. The van der Waals surface area contributed by atoms with Gasteiger partial charge >= 0.3 is 6.09 Å². The summed E-state index contributed by atoms with van der Waals surface area (Å²) < 4.78 is 32.4. The summed E-state index contributed by atoms with van der Waals surface area (Å²) in [6, 6.07) is 12.0. The lowest BCUT2D eigenvalue weighted by Gasteiger charge is -2.36. The maximum atomic E-state index is 14.9. The maximum Gasteiger partial charge on any atom is 0.408 e. The van der Waals surface area contributed by atoms with Crippen LogP contribution in [0.5, 0.6) is 11.5 Å². The third kappa shape index (κ3) is 9.57. The van der Waals surface area contributed by atoms with Gasteiger partial charge in [-0.05, 0) is 75.1 Å². The monoisotopic (exact) mass is 887 g/mol. The number of carbonyl (C=O) groups is 3. The first-order valence-electron chi connectivity index (χ1n) is 21.2. The number of amides is 3. The van der Waals surface area contributed by atoms with E-state index in [9.17, 15) is 23.8 Å². The maximum absolute atomic E-state index is 14.9. The zero-order valence-corrected chi connectivity index (χ0v) is 37.9. The number of nitrogens with two attached hydrogens (primary N) is 1. The van der Waals surface area contributed by atoms with Crippen LogP contribution in [0.25, 0.3) is 22.3 Å². The summed E-state index contributed by atoms with van der Waals surface area (Å²) in [5.74, 6) is -0.589. The first kappa shape index (κ1) is 44.9. The SMILES string of the molecule is C=C[C@@H]1C[C@]1(NC(=O)[C@@H]1C[C@@H](Oc2cc(-c3csc(NC(C)C)n3)nc3cc(OC)ccc23)CN1C(=O)[C@@H](NC(=O)OC1CCCC1)C(C)(C)C)P(=O)(O)Cc1ccccc1N. The van der Waals surface area contributed by atoms with Crippen molar-refractivity contribution in [2.24, 2.45) is 11.3 Å². The van der Waals surface area contributed by atoms with Gasteiger partial charge in [-0.2, -0.15) is 0 Å². The normalized spacial score (nSPS) is 22.8. The van der Waals surface area contributed by atoms with Crippen molar-refractivity contribution in [2.45, 2.75) is 115 Å². The molecule has 0 bridgehead atoms. The molecule has 7 rings (SSSR count). The fourth-order valence-corrected chi connectivity index (χ4v) is 11.7.